The lowest BCUT2D eigenvalue weighted by molar-refractivity contribution is 0.150. The summed E-state index contributed by atoms with van der Waals surface area (Å²) in [5.74, 6) is 4.54. The Kier molecular flexibility index (Phi) is 28.0. The molecule has 0 saturated heterocycles. The number of hydrogen-bond acceptors (Lipinski definition) is 12. The van der Waals surface area contributed by atoms with E-state index in [1.807, 2.05) is 57.2 Å². The zero-order chi connectivity index (χ0) is 51.8. The number of alkyl halides is 3. The summed E-state index contributed by atoms with van der Waals surface area (Å²) in [6, 6.07) is 24.2. The number of aryl methyl sites for hydroxylation is 3. The first kappa shape index (κ1) is 59.7. The third kappa shape index (κ3) is 22.5. The summed E-state index contributed by atoms with van der Waals surface area (Å²) in [6.45, 7) is 8.19. The Hall–Kier alpha value is -4.86. The molecule has 0 bridgehead atoms. The lowest BCUT2D eigenvalue weighted by atomic mass is 9.94. The third-order valence-corrected chi connectivity index (χ3v) is 13.0. The van der Waals surface area contributed by atoms with Crippen LogP contribution in [0.25, 0.3) is 0 Å². The molecule has 0 fully saturated rings. The fourth-order valence-electron chi connectivity index (χ4n) is 8.38. The summed E-state index contributed by atoms with van der Waals surface area (Å²) in [7, 11) is 0. The Morgan fingerprint density at radius 1 is 0.403 bits per heavy atom. The number of aliphatic hydroxyl groups excluding tert-OH is 3. The Morgan fingerprint density at radius 2 is 0.653 bits per heavy atom. The molecule has 3 aromatic rings. The van der Waals surface area contributed by atoms with E-state index < -0.39 is 16.6 Å². The van der Waals surface area contributed by atoms with E-state index in [0.29, 0.717) is 76.6 Å². The molecule has 3 aliphatic rings. The fourth-order valence-corrected chi connectivity index (χ4v) is 8.38. The predicted octanol–water partition coefficient (Wildman–Crippen LogP) is 11.1. The lowest BCUT2D eigenvalue weighted by Gasteiger charge is -2.21. The van der Waals surface area contributed by atoms with Crippen molar-refractivity contribution in [3.05, 3.63) is 89.5 Å². The highest BCUT2D eigenvalue weighted by Gasteiger charge is 2.36. The second-order valence-electron chi connectivity index (χ2n) is 19.2. The first-order valence-electron chi connectivity index (χ1n) is 26.3. The Labute approximate surface area is 427 Å². The van der Waals surface area contributed by atoms with E-state index in [2.05, 4.69) is 51.4 Å². The van der Waals surface area contributed by atoms with E-state index in [0.717, 1.165) is 114 Å². The molecule has 0 radical (unpaired) electrons. The fraction of sp³-hybridized carbons (Fsp3) is 0.632. The van der Waals surface area contributed by atoms with Crippen LogP contribution in [0.5, 0.6) is 17.2 Å². The first-order valence-corrected chi connectivity index (χ1v) is 26.3. The molecule has 72 heavy (non-hydrogen) atoms. The highest BCUT2D eigenvalue weighted by molar-refractivity contribution is 5.76. The van der Waals surface area contributed by atoms with Crippen LogP contribution < -0.4 is 14.2 Å². The van der Waals surface area contributed by atoms with Crippen molar-refractivity contribution in [2.24, 2.45) is 15.0 Å². The van der Waals surface area contributed by atoms with Gasteiger partial charge in [0.05, 0.1) is 59.7 Å². The average Bonchev–Trinajstić information content (AvgIpc) is 4.12. The average molecular weight is 1010 g/mol. The summed E-state index contributed by atoms with van der Waals surface area (Å²) in [5, 5.41) is 28.8. The van der Waals surface area contributed by atoms with Crippen LogP contribution in [0.15, 0.2) is 87.8 Å². The topological polar surface area (TPSA) is 153 Å². The largest absolute Gasteiger partial charge is 0.494 e. The van der Waals surface area contributed by atoms with Crippen LogP contribution in [0, 0.1) is 0 Å². The van der Waals surface area contributed by atoms with Crippen molar-refractivity contribution in [1.82, 2.24) is 0 Å². The molecular weight excluding hydrogens is 928 g/mol. The monoisotopic (exact) mass is 1010 g/mol. The van der Waals surface area contributed by atoms with Crippen molar-refractivity contribution in [2.75, 3.05) is 79.5 Å². The van der Waals surface area contributed by atoms with Crippen molar-refractivity contribution in [3.63, 3.8) is 0 Å². The quantitative estimate of drug-likeness (QED) is 0.0506. The van der Waals surface area contributed by atoms with Gasteiger partial charge in [-0.2, -0.15) is 0 Å². The maximum Gasteiger partial charge on any atom is 0.180 e. The molecule has 3 N–H and O–H groups in total. The summed E-state index contributed by atoms with van der Waals surface area (Å²) in [4.78, 5) is 13.3. The van der Waals surface area contributed by atoms with Gasteiger partial charge in [-0.3, -0.25) is 13.2 Å². The van der Waals surface area contributed by atoms with Gasteiger partial charge in [0.2, 0.25) is 0 Å². The van der Waals surface area contributed by atoms with Crippen molar-refractivity contribution < 1.29 is 56.9 Å². The van der Waals surface area contributed by atoms with Gasteiger partial charge in [-0.1, -0.05) is 55.7 Å². The van der Waals surface area contributed by atoms with E-state index in [1.54, 1.807) is 0 Å². The van der Waals surface area contributed by atoms with Crippen LogP contribution in [-0.2, 0) is 33.5 Å². The number of ether oxygens (including phenoxy) is 6. The minimum Gasteiger partial charge on any atom is -0.494 e. The Morgan fingerprint density at radius 3 is 0.861 bits per heavy atom. The molecule has 402 valence electrons. The molecule has 3 aromatic carbocycles. The highest BCUT2D eigenvalue weighted by atomic mass is 19.1. The van der Waals surface area contributed by atoms with Crippen LogP contribution in [-0.4, -0.2) is 129 Å². The molecule has 0 aromatic heterocycles. The van der Waals surface area contributed by atoms with E-state index in [1.165, 1.54) is 16.7 Å². The minimum absolute atomic E-state index is 0.00788. The van der Waals surface area contributed by atoms with Crippen LogP contribution in [0.4, 0.5) is 13.2 Å². The third-order valence-electron chi connectivity index (χ3n) is 13.0. The number of unbranched alkanes of at least 4 members (excludes halogenated alkanes) is 9. The number of rotatable bonds is 33. The van der Waals surface area contributed by atoms with E-state index in [-0.39, 0.29) is 39.8 Å². The minimum atomic E-state index is -0.487. The number of nitrogens with zero attached hydrogens (tertiary/aromatic N) is 3. The van der Waals surface area contributed by atoms with Gasteiger partial charge in [0.15, 0.2) is 17.7 Å². The van der Waals surface area contributed by atoms with Gasteiger partial charge in [-0.25, -0.2) is 15.0 Å². The summed E-state index contributed by atoms with van der Waals surface area (Å²) in [5.41, 5.74) is 2.12. The number of halogens is 3. The molecule has 3 heterocycles. The van der Waals surface area contributed by atoms with E-state index in [4.69, 9.17) is 28.4 Å². The molecule has 0 saturated carbocycles. The second kappa shape index (κ2) is 33.8. The molecular formula is C57H84F3N3O9. The Bertz CT molecular complexity index is 1780. The smallest absolute Gasteiger partial charge is 0.180 e. The molecule has 15 heteroatoms. The van der Waals surface area contributed by atoms with Gasteiger partial charge in [0.25, 0.3) is 0 Å². The normalized spacial score (nSPS) is 19.9. The molecule has 6 rings (SSSR count). The van der Waals surface area contributed by atoms with Gasteiger partial charge in [-0.05, 0) is 149 Å². The van der Waals surface area contributed by atoms with Gasteiger partial charge in [-0.15, -0.1) is 0 Å². The number of hydrogen-bond donors (Lipinski definition) is 3. The van der Waals surface area contributed by atoms with Gasteiger partial charge < -0.3 is 43.7 Å². The molecule has 0 aliphatic carbocycles. The second-order valence-corrected chi connectivity index (χ2v) is 19.2. The van der Waals surface area contributed by atoms with Crippen LogP contribution in [0.1, 0.15) is 134 Å². The molecule has 0 amide bonds. The predicted molar refractivity (Wildman–Crippen MR) is 281 cm³/mol. The maximum atomic E-state index is 12.0. The maximum absolute atomic E-state index is 12.0. The van der Waals surface area contributed by atoms with Crippen LogP contribution >= 0.6 is 0 Å². The number of aliphatic imine (C=N–C) groups is 3. The summed E-state index contributed by atoms with van der Waals surface area (Å²) in [6.07, 6.45) is 15.4. The molecule has 0 spiro atoms. The van der Waals surface area contributed by atoms with Crippen LogP contribution in [0.2, 0.25) is 0 Å². The summed E-state index contributed by atoms with van der Waals surface area (Å²) >= 11 is 0. The molecule has 3 aliphatic heterocycles. The van der Waals surface area contributed by atoms with Gasteiger partial charge in [0, 0.05) is 20.8 Å². The van der Waals surface area contributed by atoms with Crippen molar-refractivity contribution >= 4 is 17.7 Å². The SMILES string of the molecule is CC1=NC(CO)(CCc2ccc(OCCCCCCF)cc2)CO1.CC1=N[C@@](CO)(CCc2ccc(OCCCCCCF)cc2)CO1.CC1=N[C@](CO)(CCc2ccc(OCCCCCCF)cc2)CO1. The molecule has 1 unspecified atom stereocenters. The van der Waals surface area contributed by atoms with E-state index >= 15 is 0 Å². The highest BCUT2D eigenvalue weighted by Crippen LogP contribution is 2.28. The van der Waals surface area contributed by atoms with Crippen molar-refractivity contribution in [3.8, 4) is 17.2 Å². The lowest BCUT2D eigenvalue weighted by Crippen LogP contribution is -2.33. The van der Waals surface area contributed by atoms with Crippen LogP contribution in [0.3, 0.4) is 0 Å². The number of aliphatic hydroxyl groups is 3. The van der Waals surface area contributed by atoms with E-state index in [9.17, 15) is 28.5 Å². The summed E-state index contributed by atoms with van der Waals surface area (Å²) < 4.78 is 69.2. The standard InChI is InChI=1S/3C19H28FNO3/c3*1-16-21-19(14-22,15-24-16)11-10-17-6-8-18(9-7-17)23-13-5-3-2-4-12-20/h3*6-9,22H,2-5,10-15H2,1H3/t2*19-;/m10./s1. The molecule has 3 atom stereocenters. The first-order chi connectivity index (χ1) is 35.0. The van der Waals surface area contributed by atoms with Crippen molar-refractivity contribution in [1.29, 1.82) is 0 Å². The van der Waals surface area contributed by atoms with Gasteiger partial charge in [0.1, 0.15) is 53.7 Å². The number of benzene rings is 3. The van der Waals surface area contributed by atoms with Crippen molar-refractivity contribution in [2.45, 2.75) is 153 Å². The zero-order valence-corrected chi connectivity index (χ0v) is 43.4. The zero-order valence-electron chi connectivity index (χ0n) is 43.4. The van der Waals surface area contributed by atoms with Gasteiger partial charge >= 0.3 is 0 Å². The molecule has 12 nitrogen and oxygen atoms in total. The Balaban J connectivity index is 0.000000234.